The number of azo groups is 1. The number of rotatable bonds is 2. The zero-order valence-corrected chi connectivity index (χ0v) is 14.3. The molecule has 3 heterocycles. The Bertz CT molecular complexity index is 670. The summed E-state index contributed by atoms with van der Waals surface area (Å²) < 4.78 is 33.5. The van der Waals surface area contributed by atoms with Gasteiger partial charge in [-0.2, -0.15) is 10.2 Å². The maximum Gasteiger partial charge on any atom is 0.129 e. The number of benzene rings is 1. The van der Waals surface area contributed by atoms with Crippen molar-refractivity contribution in [2.75, 3.05) is 19.7 Å². The fourth-order valence-corrected chi connectivity index (χ4v) is 4.41. The van der Waals surface area contributed by atoms with Crippen molar-refractivity contribution < 1.29 is 13.5 Å². The molecule has 1 aromatic carbocycles. The Morgan fingerprint density at radius 3 is 2.88 bits per heavy atom. The van der Waals surface area contributed by atoms with Crippen molar-refractivity contribution in [2.24, 2.45) is 21.9 Å². The summed E-state index contributed by atoms with van der Waals surface area (Å²) in [7, 11) is 0. The minimum atomic E-state index is -0.610. The van der Waals surface area contributed by atoms with Gasteiger partial charge < -0.3 is 10.5 Å². The summed E-state index contributed by atoms with van der Waals surface area (Å²) in [5.41, 5.74) is 6.56. The lowest BCUT2D eigenvalue weighted by atomic mass is 9.96. The van der Waals surface area contributed by atoms with Gasteiger partial charge in [-0.05, 0) is 38.0 Å². The number of hydrogen-bond donors (Lipinski definition) is 1. The number of nitrogens with zero attached hydrogens (tertiary/aromatic N) is 3. The van der Waals surface area contributed by atoms with E-state index < -0.39 is 17.7 Å². The lowest BCUT2D eigenvalue weighted by Gasteiger charge is -2.29. The van der Waals surface area contributed by atoms with Crippen molar-refractivity contribution in [3.8, 4) is 0 Å². The van der Waals surface area contributed by atoms with E-state index in [1.54, 1.807) is 0 Å². The number of ether oxygens (including phenoxy) is 1. The minimum Gasteiger partial charge on any atom is -0.372 e. The van der Waals surface area contributed by atoms with Gasteiger partial charge in [0.2, 0.25) is 0 Å². The molecule has 4 rings (SSSR count). The number of hydrogen-bond acceptors (Lipinski definition) is 5. The topological polar surface area (TPSA) is 63.2 Å². The third-order valence-corrected chi connectivity index (χ3v) is 5.84. The van der Waals surface area contributed by atoms with Gasteiger partial charge in [0, 0.05) is 43.3 Å². The second kappa shape index (κ2) is 6.70. The number of halogens is 2. The summed E-state index contributed by atoms with van der Waals surface area (Å²) in [6.45, 7) is 4.47. The highest BCUT2D eigenvalue weighted by atomic mass is 19.1. The van der Waals surface area contributed by atoms with Crippen molar-refractivity contribution in [1.29, 1.82) is 0 Å². The number of fused-ring (bicyclic) bond motifs is 1. The van der Waals surface area contributed by atoms with Crippen LogP contribution in [-0.4, -0.2) is 48.8 Å². The molecule has 0 aromatic heterocycles. The summed E-state index contributed by atoms with van der Waals surface area (Å²) in [6.07, 6.45) is 0.930. The van der Waals surface area contributed by atoms with Crippen molar-refractivity contribution in [1.82, 2.24) is 4.90 Å². The van der Waals surface area contributed by atoms with Gasteiger partial charge in [-0.25, -0.2) is 8.78 Å². The van der Waals surface area contributed by atoms with Crippen LogP contribution in [0, 0.1) is 17.6 Å². The van der Waals surface area contributed by atoms with Crippen LogP contribution in [0.3, 0.4) is 0 Å². The van der Waals surface area contributed by atoms with Crippen LogP contribution < -0.4 is 5.73 Å². The first-order chi connectivity index (χ1) is 12.0. The van der Waals surface area contributed by atoms with Crippen LogP contribution >= 0.6 is 0 Å². The number of likely N-dealkylation sites (tertiary alicyclic amines) is 1. The van der Waals surface area contributed by atoms with Crippen LogP contribution in [-0.2, 0) is 4.74 Å². The first-order valence-corrected chi connectivity index (χ1v) is 8.99. The van der Waals surface area contributed by atoms with Crippen molar-refractivity contribution >= 4 is 0 Å². The van der Waals surface area contributed by atoms with Gasteiger partial charge in [0.05, 0.1) is 12.1 Å². The Kier molecular flexibility index (Phi) is 4.56. The molecule has 7 heteroatoms. The van der Waals surface area contributed by atoms with Gasteiger partial charge >= 0.3 is 0 Å². The molecule has 1 aromatic rings. The Hall–Kier alpha value is -1.44. The van der Waals surface area contributed by atoms with Crippen LogP contribution in [0.1, 0.15) is 31.4 Å². The molecule has 0 aliphatic carbocycles. The van der Waals surface area contributed by atoms with Crippen LogP contribution in [0.25, 0.3) is 0 Å². The molecule has 3 aliphatic rings. The van der Waals surface area contributed by atoms with Crippen molar-refractivity contribution in [2.45, 2.75) is 50.0 Å². The van der Waals surface area contributed by atoms with Crippen LogP contribution in [0.15, 0.2) is 28.4 Å². The number of nitrogens with two attached hydrogens (primary N) is 1. The quantitative estimate of drug-likeness (QED) is 0.892. The molecule has 2 N–H and O–H groups in total. The smallest absolute Gasteiger partial charge is 0.129 e. The fourth-order valence-electron chi connectivity index (χ4n) is 4.41. The molecule has 6 unspecified atom stereocenters. The molecule has 0 radical (unpaired) electrons. The van der Waals surface area contributed by atoms with Gasteiger partial charge in [-0.15, -0.1) is 0 Å². The largest absolute Gasteiger partial charge is 0.372 e. The summed E-state index contributed by atoms with van der Waals surface area (Å²) in [6, 6.07) is 3.92. The standard InChI is InChI=1S/C18H24F2N4O/c1-10-14-8-24(9-17(14)23-22-10)12-4-5-25-18(16(21)7-12)13-6-11(19)2-3-15(13)20/h2-3,6,10,12,14,16-18H,4-5,7-9,21H2,1H3. The lowest BCUT2D eigenvalue weighted by Crippen LogP contribution is -2.40. The van der Waals surface area contributed by atoms with E-state index in [2.05, 4.69) is 22.1 Å². The van der Waals surface area contributed by atoms with E-state index in [0.29, 0.717) is 18.9 Å². The SMILES string of the molecule is CC1N=NC2CN(C3CCOC(c4cc(F)ccc4F)C(N)C3)CC12. The summed E-state index contributed by atoms with van der Waals surface area (Å²) in [5, 5.41) is 8.65. The molecule has 2 saturated heterocycles. The normalized spacial score (nSPS) is 38.7. The maximum atomic E-state index is 14.1. The third-order valence-electron chi connectivity index (χ3n) is 5.84. The molecule has 3 aliphatic heterocycles. The van der Waals surface area contributed by atoms with E-state index in [1.807, 2.05) is 0 Å². The van der Waals surface area contributed by atoms with E-state index in [-0.39, 0.29) is 29.7 Å². The lowest BCUT2D eigenvalue weighted by molar-refractivity contribution is 0.0432. The van der Waals surface area contributed by atoms with E-state index in [1.165, 1.54) is 6.07 Å². The van der Waals surface area contributed by atoms with Crippen LogP contribution in [0.2, 0.25) is 0 Å². The average molecular weight is 350 g/mol. The summed E-state index contributed by atoms with van der Waals surface area (Å²) in [5.74, 6) is -0.457. The fraction of sp³-hybridized carbons (Fsp3) is 0.667. The second-order valence-electron chi connectivity index (χ2n) is 7.46. The van der Waals surface area contributed by atoms with Gasteiger partial charge in [0.15, 0.2) is 0 Å². The second-order valence-corrected chi connectivity index (χ2v) is 7.46. The van der Waals surface area contributed by atoms with E-state index in [9.17, 15) is 8.78 Å². The van der Waals surface area contributed by atoms with E-state index in [0.717, 1.165) is 31.6 Å². The Morgan fingerprint density at radius 2 is 2.08 bits per heavy atom. The molecule has 6 atom stereocenters. The molecule has 0 amide bonds. The predicted octanol–water partition coefficient (Wildman–Crippen LogP) is 2.67. The first-order valence-electron chi connectivity index (χ1n) is 8.99. The molecule has 25 heavy (non-hydrogen) atoms. The van der Waals surface area contributed by atoms with Gasteiger partial charge in [0.25, 0.3) is 0 Å². The Morgan fingerprint density at radius 1 is 1.24 bits per heavy atom. The molecular weight excluding hydrogens is 326 g/mol. The zero-order valence-electron chi connectivity index (χ0n) is 14.3. The minimum absolute atomic E-state index is 0.217. The van der Waals surface area contributed by atoms with E-state index in [4.69, 9.17) is 10.5 Å². The Labute approximate surface area is 146 Å². The molecule has 2 fully saturated rings. The van der Waals surface area contributed by atoms with Gasteiger partial charge in [0.1, 0.15) is 17.7 Å². The highest BCUT2D eigenvalue weighted by Crippen LogP contribution is 2.36. The molecule has 136 valence electrons. The van der Waals surface area contributed by atoms with Gasteiger partial charge in [-0.3, -0.25) is 4.90 Å². The van der Waals surface area contributed by atoms with Crippen molar-refractivity contribution in [3.63, 3.8) is 0 Å². The summed E-state index contributed by atoms with van der Waals surface area (Å²) in [4.78, 5) is 2.43. The monoisotopic (exact) mass is 350 g/mol. The molecule has 0 bridgehead atoms. The molecule has 0 saturated carbocycles. The Balaban J connectivity index is 1.47. The van der Waals surface area contributed by atoms with Crippen molar-refractivity contribution in [3.05, 3.63) is 35.4 Å². The highest BCUT2D eigenvalue weighted by Gasteiger charge is 2.43. The molecular formula is C18H24F2N4O. The highest BCUT2D eigenvalue weighted by molar-refractivity contribution is 5.23. The average Bonchev–Trinajstić information content (AvgIpc) is 3.09. The third kappa shape index (κ3) is 3.20. The summed E-state index contributed by atoms with van der Waals surface area (Å²) >= 11 is 0. The predicted molar refractivity (Wildman–Crippen MR) is 89.2 cm³/mol. The van der Waals surface area contributed by atoms with Crippen LogP contribution in [0.5, 0.6) is 0 Å². The van der Waals surface area contributed by atoms with Gasteiger partial charge in [-0.1, -0.05) is 0 Å². The zero-order chi connectivity index (χ0) is 17.6. The van der Waals surface area contributed by atoms with E-state index >= 15 is 0 Å². The molecule has 5 nitrogen and oxygen atoms in total. The molecule has 0 spiro atoms. The van der Waals surface area contributed by atoms with Crippen LogP contribution in [0.4, 0.5) is 8.78 Å². The maximum absolute atomic E-state index is 14.1. The first kappa shape index (κ1) is 17.0.